The van der Waals surface area contributed by atoms with Crippen LogP contribution in [0.5, 0.6) is 0 Å². The van der Waals surface area contributed by atoms with Crippen LogP contribution in [0.2, 0.25) is 0 Å². The van der Waals surface area contributed by atoms with Gasteiger partial charge in [0.15, 0.2) is 5.11 Å². The number of carbonyl (C=O) groups is 1. The number of carbonyl (C=O) groups excluding carboxylic acids is 1. The van der Waals surface area contributed by atoms with E-state index in [1.54, 1.807) is 12.1 Å². The predicted octanol–water partition coefficient (Wildman–Crippen LogP) is 4.43. The first-order valence-corrected chi connectivity index (χ1v) is 10.00. The average Bonchev–Trinajstić information content (AvgIpc) is 3.24. The largest absolute Gasteiger partial charge is 0.465 e. The van der Waals surface area contributed by atoms with Gasteiger partial charge >= 0.3 is 5.97 Å². The van der Waals surface area contributed by atoms with Gasteiger partial charge in [0.1, 0.15) is 0 Å². The number of rotatable bonds is 5. The monoisotopic (exact) mass is 397 g/mol. The zero-order chi connectivity index (χ0) is 20.1. The van der Waals surface area contributed by atoms with Crippen LogP contribution in [0.1, 0.15) is 47.3 Å². The van der Waals surface area contributed by atoms with Crippen molar-refractivity contribution in [1.82, 2.24) is 5.32 Å². The van der Waals surface area contributed by atoms with Crippen molar-refractivity contribution in [2.24, 2.45) is 0 Å². The number of hydrogen-bond donors (Lipinski definition) is 2. The third kappa shape index (κ3) is 4.81. The number of hydrogen-bond acceptors (Lipinski definition) is 4. The van der Waals surface area contributed by atoms with Crippen molar-refractivity contribution in [2.75, 3.05) is 30.4 Å². The highest BCUT2D eigenvalue weighted by Gasteiger charge is 2.14. The van der Waals surface area contributed by atoms with E-state index < -0.39 is 0 Å². The highest BCUT2D eigenvalue weighted by atomic mass is 32.1. The Labute approximate surface area is 172 Å². The minimum atomic E-state index is -0.367. The van der Waals surface area contributed by atoms with Gasteiger partial charge in [-0.2, -0.15) is 0 Å². The smallest absolute Gasteiger partial charge is 0.337 e. The number of anilines is 2. The topological polar surface area (TPSA) is 53.6 Å². The van der Waals surface area contributed by atoms with Gasteiger partial charge in [-0.3, -0.25) is 0 Å². The van der Waals surface area contributed by atoms with E-state index in [9.17, 15) is 4.79 Å². The zero-order valence-corrected chi connectivity index (χ0v) is 17.4. The maximum atomic E-state index is 11.7. The Balaban J connectivity index is 1.62. The molecule has 1 aliphatic rings. The van der Waals surface area contributed by atoms with Crippen LogP contribution in [0.15, 0.2) is 42.5 Å². The Morgan fingerprint density at radius 3 is 2.46 bits per heavy atom. The highest BCUT2D eigenvalue weighted by molar-refractivity contribution is 7.80. The van der Waals surface area contributed by atoms with Crippen molar-refractivity contribution in [3.05, 3.63) is 59.2 Å². The molecule has 2 aromatic carbocycles. The van der Waals surface area contributed by atoms with Crippen LogP contribution < -0.4 is 15.5 Å². The second-order valence-electron chi connectivity index (χ2n) is 7.13. The van der Waals surface area contributed by atoms with Gasteiger partial charge in [-0.1, -0.05) is 18.2 Å². The van der Waals surface area contributed by atoms with Gasteiger partial charge < -0.3 is 20.3 Å². The summed E-state index contributed by atoms with van der Waals surface area (Å²) in [5.41, 5.74) is 4.73. The molecule has 1 atom stereocenters. The lowest BCUT2D eigenvalue weighted by Gasteiger charge is -2.21. The molecule has 0 saturated carbocycles. The van der Waals surface area contributed by atoms with Crippen LogP contribution in [0, 0.1) is 6.92 Å². The molecule has 0 radical (unpaired) electrons. The molecule has 3 rings (SSSR count). The van der Waals surface area contributed by atoms with Crippen molar-refractivity contribution < 1.29 is 9.53 Å². The fraction of sp³-hybridized carbons (Fsp3) is 0.364. The third-order valence-corrected chi connectivity index (χ3v) is 5.34. The molecule has 5 nitrogen and oxygen atoms in total. The van der Waals surface area contributed by atoms with Gasteiger partial charge in [0.25, 0.3) is 0 Å². The van der Waals surface area contributed by atoms with E-state index in [1.807, 2.05) is 13.0 Å². The number of nitrogens with zero attached hydrogens (tertiary/aromatic N) is 1. The fourth-order valence-electron chi connectivity index (χ4n) is 3.39. The van der Waals surface area contributed by atoms with Crippen LogP contribution in [-0.2, 0) is 4.74 Å². The molecule has 1 aliphatic heterocycles. The van der Waals surface area contributed by atoms with Gasteiger partial charge in [0.05, 0.1) is 18.7 Å². The third-order valence-electron chi connectivity index (χ3n) is 5.12. The maximum Gasteiger partial charge on any atom is 0.337 e. The molecule has 2 N–H and O–H groups in total. The summed E-state index contributed by atoms with van der Waals surface area (Å²) in [5, 5.41) is 7.02. The highest BCUT2D eigenvalue weighted by Crippen LogP contribution is 2.23. The Morgan fingerprint density at radius 2 is 1.82 bits per heavy atom. The van der Waals surface area contributed by atoms with Crippen LogP contribution >= 0.6 is 12.2 Å². The second kappa shape index (κ2) is 9.06. The molecule has 0 amide bonds. The zero-order valence-electron chi connectivity index (χ0n) is 16.6. The van der Waals surface area contributed by atoms with Gasteiger partial charge in [-0.25, -0.2) is 4.79 Å². The molecule has 148 valence electrons. The van der Waals surface area contributed by atoms with Crippen molar-refractivity contribution in [1.29, 1.82) is 0 Å². The summed E-state index contributed by atoms with van der Waals surface area (Å²) in [6.45, 7) is 6.33. The summed E-state index contributed by atoms with van der Waals surface area (Å²) < 4.78 is 4.79. The van der Waals surface area contributed by atoms with Crippen LogP contribution in [0.25, 0.3) is 0 Å². The molecule has 1 saturated heterocycles. The molecule has 28 heavy (non-hydrogen) atoms. The summed E-state index contributed by atoms with van der Waals surface area (Å²) in [4.78, 5) is 14.2. The Morgan fingerprint density at radius 1 is 1.14 bits per heavy atom. The molecule has 0 spiro atoms. The van der Waals surface area contributed by atoms with E-state index in [0.717, 1.165) is 24.3 Å². The number of esters is 1. The maximum absolute atomic E-state index is 11.7. The minimum Gasteiger partial charge on any atom is -0.465 e. The van der Waals surface area contributed by atoms with Crippen molar-refractivity contribution in [2.45, 2.75) is 32.7 Å². The molecule has 1 fully saturated rings. The summed E-state index contributed by atoms with van der Waals surface area (Å²) in [6.07, 6.45) is 2.55. The number of thiocarbonyl (C=S) groups is 1. The molecule has 6 heteroatoms. The summed E-state index contributed by atoms with van der Waals surface area (Å²) in [6, 6.07) is 14.1. The first kappa shape index (κ1) is 20.1. The molecular weight excluding hydrogens is 370 g/mol. The lowest BCUT2D eigenvalue weighted by molar-refractivity contribution is 0.0601. The Bertz CT molecular complexity index is 845. The van der Waals surface area contributed by atoms with Crippen molar-refractivity contribution in [3.63, 3.8) is 0 Å². The van der Waals surface area contributed by atoms with Crippen molar-refractivity contribution in [3.8, 4) is 0 Å². The van der Waals surface area contributed by atoms with Gasteiger partial charge in [-0.15, -0.1) is 0 Å². The number of methoxy groups -OCH3 is 1. The predicted molar refractivity (Wildman–Crippen MR) is 118 cm³/mol. The van der Waals surface area contributed by atoms with E-state index >= 15 is 0 Å². The van der Waals surface area contributed by atoms with E-state index in [2.05, 4.69) is 46.7 Å². The van der Waals surface area contributed by atoms with Gasteiger partial charge in [0, 0.05) is 24.5 Å². The molecule has 0 bridgehead atoms. The summed E-state index contributed by atoms with van der Waals surface area (Å²) >= 11 is 5.48. The first-order chi connectivity index (χ1) is 13.5. The van der Waals surface area contributed by atoms with E-state index in [0.29, 0.717) is 10.7 Å². The minimum absolute atomic E-state index is 0.0664. The van der Waals surface area contributed by atoms with E-state index in [1.165, 1.54) is 31.2 Å². The normalized spacial score (nSPS) is 14.5. The Hall–Kier alpha value is -2.60. The lowest BCUT2D eigenvalue weighted by atomic mass is 10.1. The fourth-order valence-corrected chi connectivity index (χ4v) is 3.68. The van der Waals surface area contributed by atoms with Gasteiger partial charge in [0.2, 0.25) is 0 Å². The van der Waals surface area contributed by atoms with Crippen molar-refractivity contribution >= 4 is 34.7 Å². The van der Waals surface area contributed by atoms with E-state index in [4.69, 9.17) is 17.0 Å². The lowest BCUT2D eigenvalue weighted by Crippen LogP contribution is -2.31. The van der Waals surface area contributed by atoms with E-state index in [-0.39, 0.29) is 12.0 Å². The Kier molecular flexibility index (Phi) is 6.52. The molecule has 0 unspecified atom stereocenters. The first-order valence-electron chi connectivity index (χ1n) is 9.59. The SMILES string of the molecule is COC(=O)c1ccc(C)c(NC(=S)N[C@@H](C)c2ccc(N3CCCC3)cc2)c1. The van der Waals surface area contributed by atoms with Crippen LogP contribution in [-0.4, -0.2) is 31.3 Å². The number of ether oxygens (including phenoxy) is 1. The standard InChI is InChI=1S/C22H27N3O2S/c1-15-6-7-18(21(26)27-3)14-20(15)24-22(28)23-16(2)17-8-10-19(11-9-17)25-12-4-5-13-25/h6-11,14,16H,4-5,12-13H2,1-3H3,(H2,23,24,28)/t16-/m0/s1. The molecular formula is C22H27N3O2S. The summed E-state index contributed by atoms with van der Waals surface area (Å²) in [5.74, 6) is -0.367. The average molecular weight is 398 g/mol. The van der Waals surface area contributed by atoms with Crippen LogP contribution in [0.4, 0.5) is 11.4 Å². The quantitative estimate of drug-likeness (QED) is 0.575. The molecule has 0 aliphatic carbocycles. The molecule has 1 heterocycles. The molecule has 0 aromatic heterocycles. The molecule has 2 aromatic rings. The number of aryl methyl sites for hydroxylation is 1. The summed E-state index contributed by atoms with van der Waals surface area (Å²) in [7, 11) is 1.37. The van der Waals surface area contributed by atoms with Crippen LogP contribution in [0.3, 0.4) is 0 Å². The number of nitrogens with one attached hydrogen (secondary N) is 2. The second-order valence-corrected chi connectivity index (χ2v) is 7.54. The van der Waals surface area contributed by atoms with Gasteiger partial charge in [-0.05, 0) is 74.3 Å². The number of benzene rings is 2.